The number of rotatable bonds is 3. The molecule has 0 aromatic rings. The van der Waals surface area contributed by atoms with Crippen LogP contribution in [0.1, 0.15) is 0 Å². The molecular formula is C3H8O5S2. The Hall–Kier alpha value is -0.140. The van der Waals surface area contributed by atoms with Crippen molar-refractivity contribution in [2.24, 2.45) is 0 Å². The highest BCUT2D eigenvalue weighted by Gasteiger charge is 2.22. The molecular weight excluding hydrogens is 180 g/mol. The molecule has 0 aromatic carbocycles. The predicted octanol–water partition coefficient (Wildman–Crippen LogP) is -1.65. The van der Waals surface area contributed by atoms with E-state index in [4.69, 9.17) is 5.11 Å². The van der Waals surface area contributed by atoms with Gasteiger partial charge in [0, 0.05) is 0 Å². The van der Waals surface area contributed by atoms with Gasteiger partial charge in [-0.25, -0.2) is 16.8 Å². The average molecular weight is 188 g/mol. The standard InChI is InChI=1S/C3H8O5S2/c1-9(5,6)10(7,8)3-2-4/h4H,2-3H2,1H3. The molecule has 1 N–H and O–H groups in total. The summed E-state index contributed by atoms with van der Waals surface area (Å²) in [6.07, 6.45) is 0.595. The van der Waals surface area contributed by atoms with Crippen molar-refractivity contribution in [3.63, 3.8) is 0 Å². The smallest absolute Gasteiger partial charge is 0.255 e. The second-order valence-electron chi connectivity index (χ2n) is 1.69. The molecule has 0 aliphatic rings. The highest BCUT2D eigenvalue weighted by atomic mass is 33.2. The minimum atomic E-state index is -4.13. The zero-order valence-corrected chi connectivity index (χ0v) is 6.94. The highest BCUT2D eigenvalue weighted by Crippen LogP contribution is 1.98. The first kappa shape index (κ1) is 9.86. The zero-order chi connectivity index (χ0) is 8.41. The third-order valence-electron chi connectivity index (χ3n) is 0.803. The average Bonchev–Trinajstić information content (AvgIpc) is 1.61. The molecule has 10 heavy (non-hydrogen) atoms. The topological polar surface area (TPSA) is 88.5 Å². The molecule has 0 spiro atoms. The Balaban J connectivity index is 4.80. The summed E-state index contributed by atoms with van der Waals surface area (Å²) in [6, 6.07) is 0. The van der Waals surface area contributed by atoms with E-state index in [0.29, 0.717) is 6.26 Å². The number of aliphatic hydroxyl groups is 1. The third kappa shape index (κ3) is 2.24. The summed E-state index contributed by atoms with van der Waals surface area (Å²) >= 11 is 0. The van der Waals surface area contributed by atoms with Crippen LogP contribution in [0, 0.1) is 0 Å². The lowest BCUT2D eigenvalue weighted by Crippen LogP contribution is -2.19. The monoisotopic (exact) mass is 188 g/mol. The predicted molar refractivity (Wildman–Crippen MR) is 35.7 cm³/mol. The summed E-state index contributed by atoms with van der Waals surface area (Å²) in [5, 5.41) is 8.12. The van der Waals surface area contributed by atoms with Crippen molar-refractivity contribution in [3.8, 4) is 0 Å². The first-order chi connectivity index (χ1) is 4.31. The summed E-state index contributed by atoms with van der Waals surface area (Å²) in [5.41, 5.74) is 0. The second-order valence-corrected chi connectivity index (χ2v) is 7.96. The first-order valence-electron chi connectivity index (χ1n) is 2.35. The van der Waals surface area contributed by atoms with E-state index < -0.39 is 30.1 Å². The Kier molecular flexibility index (Phi) is 2.81. The van der Waals surface area contributed by atoms with Gasteiger partial charge >= 0.3 is 0 Å². The number of hydrogen-bond acceptors (Lipinski definition) is 5. The van der Waals surface area contributed by atoms with Crippen LogP contribution in [0.4, 0.5) is 0 Å². The Labute approximate surface area is 58.9 Å². The highest BCUT2D eigenvalue weighted by molar-refractivity contribution is 8.66. The maximum absolute atomic E-state index is 10.5. The van der Waals surface area contributed by atoms with Crippen molar-refractivity contribution in [1.29, 1.82) is 0 Å². The summed E-state index contributed by atoms with van der Waals surface area (Å²) in [5.74, 6) is -0.730. The first-order valence-corrected chi connectivity index (χ1v) is 6.41. The Morgan fingerprint density at radius 2 is 1.60 bits per heavy atom. The van der Waals surface area contributed by atoms with E-state index in [0.717, 1.165) is 0 Å². The van der Waals surface area contributed by atoms with E-state index >= 15 is 0 Å². The SMILES string of the molecule is CS(=O)(=O)S(=O)(=O)CCO. The molecule has 0 radical (unpaired) electrons. The molecule has 0 unspecified atom stereocenters. The molecule has 0 saturated carbocycles. The van der Waals surface area contributed by atoms with Crippen molar-refractivity contribution in [2.45, 2.75) is 0 Å². The van der Waals surface area contributed by atoms with Gasteiger partial charge in [0.2, 0.25) is 0 Å². The summed E-state index contributed by atoms with van der Waals surface area (Å²) in [6.45, 7) is -0.671. The molecule has 0 saturated heterocycles. The third-order valence-corrected chi connectivity index (χ3v) is 5.68. The van der Waals surface area contributed by atoms with Crippen LogP contribution in [-0.2, 0) is 17.7 Å². The molecule has 0 aliphatic heterocycles. The van der Waals surface area contributed by atoms with Gasteiger partial charge in [0.05, 0.1) is 18.6 Å². The number of hydrogen-bond donors (Lipinski definition) is 1. The van der Waals surface area contributed by atoms with Gasteiger partial charge in [-0.1, -0.05) is 0 Å². The van der Waals surface area contributed by atoms with Crippen molar-refractivity contribution < 1.29 is 21.9 Å². The summed E-state index contributed by atoms with van der Waals surface area (Å²) < 4.78 is 41.7. The molecule has 0 aromatic heterocycles. The summed E-state index contributed by atoms with van der Waals surface area (Å²) in [4.78, 5) is 0. The Bertz CT molecular complexity index is 283. The maximum Gasteiger partial charge on any atom is 0.255 e. The van der Waals surface area contributed by atoms with Gasteiger partial charge in [0.15, 0.2) is 0 Å². The van der Waals surface area contributed by atoms with Crippen LogP contribution in [0.15, 0.2) is 0 Å². The van der Waals surface area contributed by atoms with Crippen LogP contribution in [0.5, 0.6) is 0 Å². The van der Waals surface area contributed by atoms with Gasteiger partial charge in [-0.3, -0.25) is 0 Å². The molecule has 5 nitrogen and oxygen atoms in total. The number of aliphatic hydroxyl groups excluding tert-OH is 1. The van der Waals surface area contributed by atoms with Crippen molar-refractivity contribution in [1.82, 2.24) is 0 Å². The van der Waals surface area contributed by atoms with Crippen molar-refractivity contribution >= 4 is 17.7 Å². The minimum absolute atomic E-state index is 0.595. The van der Waals surface area contributed by atoms with Crippen LogP contribution in [0.3, 0.4) is 0 Å². The lowest BCUT2D eigenvalue weighted by molar-refractivity contribution is 0.320. The van der Waals surface area contributed by atoms with E-state index in [1.54, 1.807) is 0 Å². The Morgan fingerprint density at radius 1 is 1.20 bits per heavy atom. The van der Waals surface area contributed by atoms with Crippen molar-refractivity contribution in [2.75, 3.05) is 18.6 Å². The van der Waals surface area contributed by atoms with Crippen LogP contribution in [0.25, 0.3) is 0 Å². The van der Waals surface area contributed by atoms with Crippen LogP contribution < -0.4 is 0 Å². The maximum atomic E-state index is 10.5. The lowest BCUT2D eigenvalue weighted by atomic mass is 10.9. The van der Waals surface area contributed by atoms with Crippen molar-refractivity contribution in [3.05, 3.63) is 0 Å². The quantitative estimate of drug-likeness (QED) is 0.536. The van der Waals surface area contributed by atoms with Crippen LogP contribution in [-0.4, -0.2) is 40.6 Å². The van der Waals surface area contributed by atoms with Gasteiger partial charge in [-0.2, -0.15) is 0 Å². The van der Waals surface area contributed by atoms with Crippen LogP contribution >= 0.6 is 0 Å². The molecule has 0 heterocycles. The van der Waals surface area contributed by atoms with Gasteiger partial charge < -0.3 is 5.11 Å². The normalized spacial score (nSPS) is 13.4. The van der Waals surface area contributed by atoms with Crippen LogP contribution in [0.2, 0.25) is 0 Å². The second kappa shape index (κ2) is 2.85. The van der Waals surface area contributed by atoms with Gasteiger partial charge in [0.1, 0.15) is 0 Å². The van der Waals surface area contributed by atoms with E-state index in [9.17, 15) is 16.8 Å². The van der Waals surface area contributed by atoms with E-state index in [1.165, 1.54) is 0 Å². The molecule has 0 bridgehead atoms. The van der Waals surface area contributed by atoms with E-state index in [2.05, 4.69) is 0 Å². The molecule has 0 aliphatic carbocycles. The van der Waals surface area contributed by atoms with Gasteiger partial charge in [0.25, 0.3) is 17.7 Å². The lowest BCUT2D eigenvalue weighted by Gasteiger charge is -1.96. The summed E-state index contributed by atoms with van der Waals surface area (Å²) in [7, 11) is -8.18. The molecule has 7 heteroatoms. The fraction of sp³-hybridized carbons (Fsp3) is 1.00. The molecule has 0 amide bonds. The fourth-order valence-corrected chi connectivity index (χ4v) is 1.92. The largest absolute Gasteiger partial charge is 0.395 e. The zero-order valence-electron chi connectivity index (χ0n) is 5.31. The fourth-order valence-electron chi connectivity index (χ4n) is 0.263. The molecule has 0 rings (SSSR count). The molecule has 62 valence electrons. The van der Waals surface area contributed by atoms with Gasteiger partial charge in [-0.15, -0.1) is 0 Å². The molecule has 0 atom stereocenters. The van der Waals surface area contributed by atoms with E-state index in [1.807, 2.05) is 0 Å². The minimum Gasteiger partial charge on any atom is -0.395 e. The molecule has 0 fully saturated rings. The van der Waals surface area contributed by atoms with E-state index in [-0.39, 0.29) is 0 Å². The van der Waals surface area contributed by atoms with Gasteiger partial charge in [-0.05, 0) is 0 Å². The Morgan fingerprint density at radius 3 is 1.70 bits per heavy atom.